The van der Waals surface area contributed by atoms with Crippen LogP contribution in [0.4, 0.5) is 4.39 Å². The highest BCUT2D eigenvalue weighted by Crippen LogP contribution is 2.26. The number of ether oxygens (including phenoxy) is 1. The summed E-state index contributed by atoms with van der Waals surface area (Å²) in [4.78, 5) is 11.4. The van der Waals surface area contributed by atoms with Gasteiger partial charge in [-0.3, -0.25) is 4.79 Å². The average Bonchev–Trinajstić information content (AvgIpc) is 2.29. The first-order valence-electron chi connectivity index (χ1n) is 5.35. The van der Waals surface area contributed by atoms with Crippen molar-refractivity contribution in [2.45, 2.75) is 13.8 Å². The second-order valence-electron chi connectivity index (χ2n) is 3.54. The van der Waals surface area contributed by atoms with Gasteiger partial charge in [-0.05, 0) is 42.5 Å². The van der Waals surface area contributed by atoms with E-state index in [-0.39, 0.29) is 17.7 Å². The molecule has 1 rings (SSSR count). The van der Waals surface area contributed by atoms with Gasteiger partial charge in [0.15, 0.2) is 0 Å². The fraction of sp³-hybridized carbons (Fsp3) is 0.308. The SMILES string of the molecule is CCOC(=O)C(C)/C=C(/I)c1ccccc1F. The molecular formula is C13H14FIO2. The van der Waals surface area contributed by atoms with Crippen LogP contribution in [0.25, 0.3) is 3.58 Å². The molecule has 0 amide bonds. The highest BCUT2D eigenvalue weighted by molar-refractivity contribution is 14.1. The minimum absolute atomic E-state index is 0.288. The summed E-state index contributed by atoms with van der Waals surface area (Å²) in [6.45, 7) is 3.85. The highest BCUT2D eigenvalue weighted by atomic mass is 127. The molecule has 0 heterocycles. The lowest BCUT2D eigenvalue weighted by Crippen LogP contribution is -2.12. The summed E-state index contributed by atoms with van der Waals surface area (Å²) in [5.41, 5.74) is 0.504. The van der Waals surface area contributed by atoms with E-state index in [2.05, 4.69) is 0 Å². The fourth-order valence-electron chi connectivity index (χ4n) is 1.31. The quantitative estimate of drug-likeness (QED) is 0.611. The Bertz CT molecular complexity index is 429. The van der Waals surface area contributed by atoms with Crippen LogP contribution >= 0.6 is 22.6 Å². The van der Waals surface area contributed by atoms with E-state index in [1.54, 1.807) is 38.1 Å². The normalized spacial score (nSPS) is 13.3. The lowest BCUT2D eigenvalue weighted by Gasteiger charge is -2.07. The van der Waals surface area contributed by atoms with Gasteiger partial charge in [0.2, 0.25) is 0 Å². The van der Waals surface area contributed by atoms with Crippen molar-refractivity contribution in [1.29, 1.82) is 0 Å². The van der Waals surface area contributed by atoms with Crippen LogP contribution in [-0.2, 0) is 9.53 Å². The third-order valence-corrected chi connectivity index (χ3v) is 3.13. The minimum Gasteiger partial charge on any atom is -0.466 e. The second kappa shape index (κ2) is 6.74. The molecule has 0 aliphatic carbocycles. The van der Waals surface area contributed by atoms with Crippen LogP contribution in [0.1, 0.15) is 19.4 Å². The Labute approximate surface area is 114 Å². The zero-order chi connectivity index (χ0) is 12.8. The van der Waals surface area contributed by atoms with Gasteiger partial charge >= 0.3 is 5.97 Å². The molecule has 0 saturated carbocycles. The molecule has 1 unspecified atom stereocenters. The Hall–Kier alpha value is -0.910. The summed E-state index contributed by atoms with van der Waals surface area (Å²) in [6.07, 6.45) is 1.71. The minimum atomic E-state index is -0.374. The van der Waals surface area contributed by atoms with Crippen molar-refractivity contribution in [3.63, 3.8) is 0 Å². The number of esters is 1. The van der Waals surface area contributed by atoms with Gasteiger partial charge in [-0.1, -0.05) is 24.3 Å². The summed E-state index contributed by atoms with van der Waals surface area (Å²) in [5, 5.41) is 0. The highest BCUT2D eigenvalue weighted by Gasteiger charge is 2.13. The largest absolute Gasteiger partial charge is 0.466 e. The van der Waals surface area contributed by atoms with E-state index >= 15 is 0 Å². The first-order chi connectivity index (χ1) is 8.06. The van der Waals surface area contributed by atoms with Crippen molar-refractivity contribution in [2.24, 2.45) is 5.92 Å². The average molecular weight is 348 g/mol. The van der Waals surface area contributed by atoms with E-state index in [0.717, 1.165) is 0 Å². The zero-order valence-corrected chi connectivity index (χ0v) is 11.9. The fourth-order valence-corrected chi connectivity index (χ4v) is 2.28. The van der Waals surface area contributed by atoms with Crippen molar-refractivity contribution < 1.29 is 13.9 Å². The topological polar surface area (TPSA) is 26.3 Å². The third-order valence-electron chi connectivity index (χ3n) is 2.19. The van der Waals surface area contributed by atoms with Gasteiger partial charge in [-0.2, -0.15) is 0 Å². The van der Waals surface area contributed by atoms with Crippen molar-refractivity contribution in [2.75, 3.05) is 6.61 Å². The molecule has 0 bridgehead atoms. The van der Waals surface area contributed by atoms with Gasteiger partial charge in [-0.15, -0.1) is 0 Å². The Kier molecular flexibility index (Phi) is 5.61. The number of hydrogen-bond acceptors (Lipinski definition) is 2. The smallest absolute Gasteiger partial charge is 0.312 e. The Morgan fingerprint density at radius 2 is 2.18 bits per heavy atom. The van der Waals surface area contributed by atoms with Gasteiger partial charge in [0, 0.05) is 9.14 Å². The molecule has 0 aromatic heterocycles. The number of benzene rings is 1. The predicted molar refractivity (Wildman–Crippen MR) is 74.2 cm³/mol. The van der Waals surface area contributed by atoms with Gasteiger partial charge < -0.3 is 4.74 Å². The maximum Gasteiger partial charge on any atom is 0.312 e. The van der Waals surface area contributed by atoms with Gasteiger partial charge in [0.1, 0.15) is 5.82 Å². The number of hydrogen-bond donors (Lipinski definition) is 0. The van der Waals surface area contributed by atoms with E-state index in [1.165, 1.54) is 6.07 Å². The van der Waals surface area contributed by atoms with Crippen molar-refractivity contribution >= 4 is 32.1 Å². The first kappa shape index (κ1) is 14.2. The van der Waals surface area contributed by atoms with Gasteiger partial charge in [0.05, 0.1) is 12.5 Å². The monoisotopic (exact) mass is 348 g/mol. The molecule has 0 fully saturated rings. The molecule has 0 radical (unpaired) electrons. The van der Waals surface area contributed by atoms with Crippen LogP contribution in [0.2, 0.25) is 0 Å². The Balaban J connectivity index is 2.86. The number of carbonyl (C=O) groups is 1. The predicted octanol–water partition coefficient (Wildman–Crippen LogP) is 3.80. The van der Waals surface area contributed by atoms with Gasteiger partial charge in [0.25, 0.3) is 0 Å². The van der Waals surface area contributed by atoms with Crippen molar-refractivity contribution in [1.82, 2.24) is 0 Å². The van der Waals surface area contributed by atoms with Crippen LogP contribution in [-0.4, -0.2) is 12.6 Å². The lowest BCUT2D eigenvalue weighted by molar-refractivity contribution is -0.145. The van der Waals surface area contributed by atoms with E-state index in [0.29, 0.717) is 15.8 Å². The van der Waals surface area contributed by atoms with E-state index in [1.807, 2.05) is 22.6 Å². The Morgan fingerprint density at radius 3 is 2.76 bits per heavy atom. The molecule has 1 aromatic carbocycles. The summed E-state index contributed by atoms with van der Waals surface area (Å²) < 4.78 is 19.1. The first-order valence-corrected chi connectivity index (χ1v) is 6.43. The molecule has 1 aromatic rings. The molecule has 0 aliphatic heterocycles. The van der Waals surface area contributed by atoms with Crippen LogP contribution in [0.5, 0.6) is 0 Å². The molecular weight excluding hydrogens is 334 g/mol. The summed E-state index contributed by atoms with van der Waals surface area (Å²) >= 11 is 2.02. The second-order valence-corrected chi connectivity index (χ2v) is 4.70. The zero-order valence-electron chi connectivity index (χ0n) is 9.74. The maximum absolute atomic E-state index is 13.5. The van der Waals surface area contributed by atoms with Crippen molar-refractivity contribution in [3.8, 4) is 0 Å². The number of halogens is 2. The summed E-state index contributed by atoms with van der Waals surface area (Å²) in [7, 11) is 0. The van der Waals surface area contributed by atoms with E-state index in [4.69, 9.17) is 4.74 Å². The molecule has 0 N–H and O–H groups in total. The molecule has 2 nitrogen and oxygen atoms in total. The Morgan fingerprint density at radius 1 is 1.53 bits per heavy atom. The summed E-state index contributed by atoms with van der Waals surface area (Å²) in [6, 6.07) is 6.49. The molecule has 17 heavy (non-hydrogen) atoms. The van der Waals surface area contributed by atoms with Crippen LogP contribution in [0.3, 0.4) is 0 Å². The van der Waals surface area contributed by atoms with E-state index in [9.17, 15) is 9.18 Å². The standard InChI is InChI=1S/C13H14FIO2/c1-3-17-13(16)9(2)8-12(15)10-6-4-5-7-11(10)14/h4-9H,3H2,1-2H3/b12-8+. The number of carbonyl (C=O) groups excluding carboxylic acids is 1. The van der Waals surface area contributed by atoms with Crippen LogP contribution < -0.4 is 0 Å². The lowest BCUT2D eigenvalue weighted by atomic mass is 10.1. The maximum atomic E-state index is 13.5. The summed E-state index contributed by atoms with van der Waals surface area (Å²) in [5.74, 6) is -0.955. The molecule has 1 atom stereocenters. The van der Waals surface area contributed by atoms with E-state index < -0.39 is 0 Å². The molecule has 0 aliphatic rings. The molecule has 0 spiro atoms. The van der Waals surface area contributed by atoms with Crippen LogP contribution in [0.15, 0.2) is 30.3 Å². The van der Waals surface area contributed by atoms with Gasteiger partial charge in [-0.25, -0.2) is 4.39 Å². The molecule has 0 saturated heterocycles. The molecule has 4 heteroatoms. The molecule has 92 valence electrons. The van der Waals surface area contributed by atoms with Crippen LogP contribution in [0, 0.1) is 11.7 Å². The third kappa shape index (κ3) is 4.11. The number of rotatable bonds is 4. The van der Waals surface area contributed by atoms with Crippen molar-refractivity contribution in [3.05, 3.63) is 41.7 Å².